The number of rotatable bonds is 3. The maximum Gasteiger partial charge on any atom is 0.138 e. The summed E-state index contributed by atoms with van der Waals surface area (Å²) in [6.07, 6.45) is 2.93. The topological polar surface area (TPSA) is 55.2 Å². The number of thiophene rings is 1. The van der Waals surface area contributed by atoms with Gasteiger partial charge in [0.1, 0.15) is 23.7 Å². The number of halogens is 1. The Morgan fingerprint density at radius 2 is 2.16 bits per heavy atom. The SMILES string of the molecule is Cc1sc([C@H](O)c2cncnc2Cl)cc1[C@@H]1OCCc2ccccc21. The number of benzene rings is 1. The molecule has 0 saturated carbocycles. The Morgan fingerprint density at radius 1 is 1.32 bits per heavy atom. The number of fused-ring (bicyclic) bond motifs is 1. The molecule has 1 aliphatic heterocycles. The van der Waals surface area contributed by atoms with Gasteiger partial charge in [0, 0.05) is 21.5 Å². The molecule has 25 heavy (non-hydrogen) atoms. The van der Waals surface area contributed by atoms with Crippen molar-refractivity contribution in [1.29, 1.82) is 0 Å². The van der Waals surface area contributed by atoms with Gasteiger partial charge < -0.3 is 9.84 Å². The molecule has 1 aliphatic rings. The number of hydrogen-bond donors (Lipinski definition) is 1. The Balaban J connectivity index is 1.71. The van der Waals surface area contributed by atoms with E-state index in [1.165, 1.54) is 17.5 Å². The largest absolute Gasteiger partial charge is 0.383 e. The van der Waals surface area contributed by atoms with Crippen LogP contribution in [0.4, 0.5) is 0 Å². The van der Waals surface area contributed by atoms with Gasteiger partial charge in [0.05, 0.1) is 6.61 Å². The standard InChI is InChI=1S/C19H17ClN2O2S/c1-11-14(18-13-5-3-2-4-12(13)6-7-24-18)8-16(25-11)17(23)15-9-21-10-22-19(15)20/h2-5,8-10,17-18,23H,6-7H2,1H3/t17-,18-/m1/s1. The van der Waals surface area contributed by atoms with Gasteiger partial charge in [-0.3, -0.25) is 0 Å². The molecule has 4 nitrogen and oxygen atoms in total. The maximum atomic E-state index is 10.7. The van der Waals surface area contributed by atoms with Crippen LogP contribution in [0, 0.1) is 6.92 Å². The van der Waals surface area contributed by atoms with Crippen LogP contribution in [0.25, 0.3) is 0 Å². The van der Waals surface area contributed by atoms with E-state index in [1.54, 1.807) is 17.5 Å². The fourth-order valence-corrected chi connectivity index (χ4v) is 4.49. The Hall–Kier alpha value is -1.79. The third kappa shape index (κ3) is 3.09. The summed E-state index contributed by atoms with van der Waals surface area (Å²) in [4.78, 5) is 9.86. The molecular formula is C19H17ClN2O2S. The molecule has 1 aromatic carbocycles. The molecule has 4 rings (SSSR count). The summed E-state index contributed by atoms with van der Waals surface area (Å²) in [5.41, 5.74) is 4.14. The lowest BCUT2D eigenvalue weighted by molar-refractivity contribution is 0.0697. The van der Waals surface area contributed by atoms with Crippen LogP contribution in [0.3, 0.4) is 0 Å². The molecule has 0 radical (unpaired) electrons. The van der Waals surface area contributed by atoms with Crippen molar-refractivity contribution < 1.29 is 9.84 Å². The second-order valence-corrected chi connectivity index (χ2v) is 7.68. The smallest absolute Gasteiger partial charge is 0.138 e. The van der Waals surface area contributed by atoms with E-state index in [0.717, 1.165) is 21.7 Å². The second-order valence-electron chi connectivity index (χ2n) is 6.03. The van der Waals surface area contributed by atoms with Crippen LogP contribution in [0.1, 0.15) is 44.2 Å². The summed E-state index contributed by atoms with van der Waals surface area (Å²) < 4.78 is 6.07. The predicted molar refractivity (Wildman–Crippen MR) is 98.1 cm³/mol. The first-order valence-corrected chi connectivity index (χ1v) is 9.27. The molecule has 6 heteroatoms. The van der Waals surface area contributed by atoms with E-state index in [0.29, 0.717) is 12.2 Å². The quantitative estimate of drug-likeness (QED) is 0.698. The lowest BCUT2D eigenvalue weighted by Crippen LogP contribution is -2.17. The van der Waals surface area contributed by atoms with Gasteiger partial charge in [0.15, 0.2) is 0 Å². The van der Waals surface area contributed by atoms with Crippen LogP contribution in [-0.2, 0) is 11.2 Å². The summed E-state index contributed by atoms with van der Waals surface area (Å²) in [5, 5.41) is 11.0. The minimum Gasteiger partial charge on any atom is -0.383 e. The maximum absolute atomic E-state index is 10.7. The minimum atomic E-state index is -0.843. The van der Waals surface area contributed by atoms with Crippen LogP contribution in [0.15, 0.2) is 42.9 Å². The van der Waals surface area contributed by atoms with Gasteiger partial charge in [-0.15, -0.1) is 11.3 Å². The average Bonchev–Trinajstić information content (AvgIpc) is 3.02. The van der Waals surface area contributed by atoms with Gasteiger partial charge in [0.25, 0.3) is 0 Å². The highest BCUT2D eigenvalue weighted by molar-refractivity contribution is 7.12. The van der Waals surface area contributed by atoms with E-state index in [1.807, 2.05) is 12.1 Å². The zero-order valence-electron chi connectivity index (χ0n) is 13.6. The van der Waals surface area contributed by atoms with Crippen LogP contribution in [-0.4, -0.2) is 21.7 Å². The Kier molecular flexibility index (Phi) is 4.56. The van der Waals surface area contributed by atoms with Crippen molar-refractivity contribution in [3.63, 3.8) is 0 Å². The van der Waals surface area contributed by atoms with E-state index in [4.69, 9.17) is 16.3 Å². The molecule has 2 aromatic heterocycles. The molecule has 128 valence electrons. The molecule has 0 amide bonds. The van der Waals surface area contributed by atoms with Crippen molar-refractivity contribution in [1.82, 2.24) is 9.97 Å². The molecule has 0 spiro atoms. The first-order chi connectivity index (χ1) is 12.1. The summed E-state index contributed by atoms with van der Waals surface area (Å²) in [5.74, 6) is 0. The summed E-state index contributed by atoms with van der Waals surface area (Å²) in [7, 11) is 0. The lowest BCUT2D eigenvalue weighted by atomic mass is 9.93. The highest BCUT2D eigenvalue weighted by atomic mass is 35.5. The number of aliphatic hydroxyl groups is 1. The minimum absolute atomic E-state index is 0.0929. The third-order valence-corrected chi connectivity index (χ3v) is 5.94. The number of aromatic nitrogens is 2. The van der Waals surface area contributed by atoms with Crippen molar-refractivity contribution in [2.75, 3.05) is 6.61 Å². The van der Waals surface area contributed by atoms with E-state index in [-0.39, 0.29) is 11.3 Å². The fourth-order valence-electron chi connectivity index (χ4n) is 3.23. The highest BCUT2D eigenvalue weighted by Crippen LogP contribution is 2.40. The molecule has 0 unspecified atom stereocenters. The van der Waals surface area contributed by atoms with Crippen LogP contribution in [0.5, 0.6) is 0 Å². The number of hydrogen-bond acceptors (Lipinski definition) is 5. The molecule has 0 saturated heterocycles. The van der Waals surface area contributed by atoms with E-state index in [9.17, 15) is 5.11 Å². The summed E-state index contributed by atoms with van der Waals surface area (Å²) in [6, 6.07) is 10.4. The highest BCUT2D eigenvalue weighted by Gasteiger charge is 2.27. The van der Waals surface area contributed by atoms with Crippen LogP contribution in [0.2, 0.25) is 5.15 Å². The lowest BCUT2D eigenvalue weighted by Gasteiger charge is -2.26. The van der Waals surface area contributed by atoms with Gasteiger partial charge >= 0.3 is 0 Å². The van der Waals surface area contributed by atoms with Gasteiger partial charge in [-0.05, 0) is 36.1 Å². The summed E-state index contributed by atoms with van der Waals surface area (Å²) in [6.45, 7) is 2.76. The van der Waals surface area contributed by atoms with Gasteiger partial charge in [-0.2, -0.15) is 0 Å². The van der Waals surface area contributed by atoms with Crippen molar-refractivity contribution >= 4 is 22.9 Å². The third-order valence-electron chi connectivity index (χ3n) is 4.50. The van der Waals surface area contributed by atoms with Crippen molar-refractivity contribution in [3.05, 3.63) is 80.0 Å². The Morgan fingerprint density at radius 3 is 3.00 bits per heavy atom. The molecule has 2 atom stereocenters. The molecule has 0 aliphatic carbocycles. The molecule has 0 fully saturated rings. The van der Waals surface area contributed by atoms with Crippen molar-refractivity contribution in [3.8, 4) is 0 Å². The predicted octanol–water partition coefficient (Wildman–Crippen LogP) is 4.24. The van der Waals surface area contributed by atoms with Crippen LogP contribution >= 0.6 is 22.9 Å². The first-order valence-electron chi connectivity index (χ1n) is 8.08. The molecule has 3 heterocycles. The number of aliphatic hydroxyl groups excluding tert-OH is 1. The molecule has 0 bridgehead atoms. The number of aryl methyl sites for hydroxylation is 1. The van der Waals surface area contributed by atoms with E-state index < -0.39 is 6.10 Å². The monoisotopic (exact) mass is 372 g/mol. The second kappa shape index (κ2) is 6.84. The first kappa shape index (κ1) is 16.7. The Bertz CT molecular complexity index is 912. The van der Waals surface area contributed by atoms with E-state index in [2.05, 4.69) is 35.1 Å². The fraction of sp³-hybridized carbons (Fsp3) is 0.263. The van der Waals surface area contributed by atoms with Gasteiger partial charge in [-0.25, -0.2) is 9.97 Å². The number of nitrogens with zero attached hydrogens (tertiary/aromatic N) is 2. The summed E-state index contributed by atoms with van der Waals surface area (Å²) >= 11 is 7.65. The van der Waals surface area contributed by atoms with Crippen LogP contribution < -0.4 is 0 Å². The van der Waals surface area contributed by atoms with Gasteiger partial charge in [-0.1, -0.05) is 35.9 Å². The normalized spacial score (nSPS) is 18.0. The molecule has 1 N–H and O–H groups in total. The molecular weight excluding hydrogens is 356 g/mol. The molecule has 3 aromatic rings. The average molecular weight is 373 g/mol. The van der Waals surface area contributed by atoms with Gasteiger partial charge in [0.2, 0.25) is 0 Å². The zero-order valence-corrected chi connectivity index (χ0v) is 15.2. The Labute approximate surface area is 155 Å². The van der Waals surface area contributed by atoms with Crippen molar-refractivity contribution in [2.24, 2.45) is 0 Å². The number of ether oxygens (including phenoxy) is 1. The van der Waals surface area contributed by atoms with E-state index >= 15 is 0 Å². The van der Waals surface area contributed by atoms with Crippen molar-refractivity contribution in [2.45, 2.75) is 25.6 Å². The zero-order chi connectivity index (χ0) is 17.4.